The number of hydrogen-bond acceptors (Lipinski definition) is 2. The molecule has 14 heavy (non-hydrogen) atoms. The zero-order valence-corrected chi connectivity index (χ0v) is 10.2. The Balaban J connectivity index is 3.65. The SMILES string of the molecule is CCCC(C)CC(=O)COC(C)(C)C. The molecule has 1 unspecified atom stereocenters. The summed E-state index contributed by atoms with van der Waals surface area (Å²) in [7, 11) is 0. The molecule has 0 spiro atoms. The van der Waals surface area contributed by atoms with Gasteiger partial charge in [-0.15, -0.1) is 0 Å². The van der Waals surface area contributed by atoms with Crippen molar-refractivity contribution in [2.75, 3.05) is 6.61 Å². The fourth-order valence-corrected chi connectivity index (χ4v) is 1.34. The van der Waals surface area contributed by atoms with Crippen molar-refractivity contribution in [1.29, 1.82) is 0 Å². The molecule has 0 amide bonds. The molecule has 2 heteroatoms. The summed E-state index contributed by atoms with van der Waals surface area (Å²) >= 11 is 0. The second-order valence-corrected chi connectivity index (χ2v) is 5.04. The Morgan fingerprint density at radius 2 is 1.93 bits per heavy atom. The lowest BCUT2D eigenvalue weighted by atomic mass is 10.00. The maximum atomic E-state index is 11.4. The highest BCUT2D eigenvalue weighted by molar-refractivity contribution is 5.79. The van der Waals surface area contributed by atoms with E-state index >= 15 is 0 Å². The van der Waals surface area contributed by atoms with E-state index in [9.17, 15) is 4.79 Å². The Morgan fingerprint density at radius 1 is 1.36 bits per heavy atom. The first-order valence-electron chi connectivity index (χ1n) is 5.50. The lowest BCUT2D eigenvalue weighted by molar-refractivity contribution is -0.129. The van der Waals surface area contributed by atoms with E-state index < -0.39 is 0 Å². The molecule has 0 aliphatic heterocycles. The number of rotatable bonds is 6. The van der Waals surface area contributed by atoms with Crippen LogP contribution in [0.1, 0.15) is 53.9 Å². The first kappa shape index (κ1) is 13.6. The molecule has 0 aromatic carbocycles. The molecular formula is C12H24O2. The van der Waals surface area contributed by atoms with Crippen molar-refractivity contribution in [1.82, 2.24) is 0 Å². The molecule has 0 aromatic rings. The number of Topliss-reactive ketones (excluding diaryl/α,β-unsaturated/α-hetero) is 1. The van der Waals surface area contributed by atoms with E-state index in [2.05, 4.69) is 13.8 Å². The molecule has 84 valence electrons. The maximum Gasteiger partial charge on any atom is 0.158 e. The summed E-state index contributed by atoms with van der Waals surface area (Å²) in [5.41, 5.74) is -0.205. The minimum absolute atomic E-state index is 0.205. The molecule has 0 heterocycles. The van der Waals surface area contributed by atoms with Gasteiger partial charge < -0.3 is 4.74 Å². The fourth-order valence-electron chi connectivity index (χ4n) is 1.34. The van der Waals surface area contributed by atoms with Gasteiger partial charge in [-0.1, -0.05) is 26.7 Å². The monoisotopic (exact) mass is 200 g/mol. The predicted octanol–water partition coefficient (Wildman–Crippen LogP) is 3.20. The minimum atomic E-state index is -0.205. The maximum absolute atomic E-state index is 11.4. The first-order valence-corrected chi connectivity index (χ1v) is 5.50. The Bertz CT molecular complexity index is 168. The molecule has 0 saturated heterocycles. The van der Waals surface area contributed by atoms with Crippen LogP contribution < -0.4 is 0 Å². The van der Waals surface area contributed by atoms with Gasteiger partial charge in [0.2, 0.25) is 0 Å². The third-order valence-corrected chi connectivity index (χ3v) is 2.02. The van der Waals surface area contributed by atoms with Crippen molar-refractivity contribution in [2.24, 2.45) is 5.92 Å². The van der Waals surface area contributed by atoms with Gasteiger partial charge in [0.25, 0.3) is 0 Å². The Morgan fingerprint density at radius 3 is 2.36 bits per heavy atom. The van der Waals surface area contributed by atoms with Crippen LogP contribution in [0, 0.1) is 5.92 Å². The van der Waals surface area contributed by atoms with Crippen LogP contribution in [0.2, 0.25) is 0 Å². The summed E-state index contributed by atoms with van der Waals surface area (Å²) < 4.78 is 5.42. The van der Waals surface area contributed by atoms with Crippen molar-refractivity contribution in [3.8, 4) is 0 Å². The van der Waals surface area contributed by atoms with Gasteiger partial charge in [-0.2, -0.15) is 0 Å². The van der Waals surface area contributed by atoms with E-state index in [1.807, 2.05) is 20.8 Å². The summed E-state index contributed by atoms with van der Waals surface area (Å²) in [6, 6.07) is 0. The van der Waals surface area contributed by atoms with Crippen LogP contribution >= 0.6 is 0 Å². The van der Waals surface area contributed by atoms with Gasteiger partial charge in [0, 0.05) is 6.42 Å². The van der Waals surface area contributed by atoms with Crippen molar-refractivity contribution >= 4 is 5.78 Å². The van der Waals surface area contributed by atoms with Crippen LogP contribution in [0.25, 0.3) is 0 Å². The molecule has 2 nitrogen and oxygen atoms in total. The summed E-state index contributed by atoms with van der Waals surface area (Å²) in [5.74, 6) is 0.719. The van der Waals surface area contributed by atoms with E-state index in [4.69, 9.17) is 4.74 Å². The standard InChI is InChI=1S/C12H24O2/c1-6-7-10(2)8-11(13)9-14-12(3,4)5/h10H,6-9H2,1-5H3. The average molecular weight is 200 g/mol. The summed E-state index contributed by atoms with van der Waals surface area (Å²) in [6.45, 7) is 10.4. The molecule has 0 aliphatic carbocycles. The second-order valence-electron chi connectivity index (χ2n) is 5.04. The Kier molecular flexibility index (Phi) is 6.01. The quantitative estimate of drug-likeness (QED) is 0.658. The summed E-state index contributed by atoms with van der Waals surface area (Å²) in [6.07, 6.45) is 2.93. The summed E-state index contributed by atoms with van der Waals surface area (Å²) in [5, 5.41) is 0. The van der Waals surface area contributed by atoms with Crippen LogP contribution in [0.15, 0.2) is 0 Å². The minimum Gasteiger partial charge on any atom is -0.368 e. The van der Waals surface area contributed by atoms with Crippen LogP contribution in [-0.2, 0) is 9.53 Å². The largest absolute Gasteiger partial charge is 0.368 e. The molecule has 0 rings (SSSR count). The normalized spacial score (nSPS) is 14.1. The number of carbonyl (C=O) groups excluding carboxylic acids is 1. The van der Waals surface area contributed by atoms with Crippen molar-refractivity contribution < 1.29 is 9.53 Å². The first-order chi connectivity index (χ1) is 6.35. The highest BCUT2D eigenvalue weighted by Crippen LogP contribution is 2.12. The van der Waals surface area contributed by atoms with E-state index in [0.29, 0.717) is 12.3 Å². The van der Waals surface area contributed by atoms with Crippen LogP contribution in [-0.4, -0.2) is 18.0 Å². The molecule has 1 atom stereocenters. The fraction of sp³-hybridized carbons (Fsp3) is 0.917. The molecule has 0 saturated carbocycles. The van der Waals surface area contributed by atoms with Crippen LogP contribution in [0.5, 0.6) is 0 Å². The molecule has 0 aromatic heterocycles. The van der Waals surface area contributed by atoms with Crippen LogP contribution in [0.3, 0.4) is 0 Å². The molecular weight excluding hydrogens is 176 g/mol. The molecule has 0 fully saturated rings. The zero-order chi connectivity index (χ0) is 11.2. The highest BCUT2D eigenvalue weighted by atomic mass is 16.5. The molecule has 0 aliphatic rings. The third kappa shape index (κ3) is 8.24. The lowest BCUT2D eigenvalue weighted by Crippen LogP contribution is -2.24. The van der Waals surface area contributed by atoms with E-state index in [1.165, 1.54) is 0 Å². The third-order valence-electron chi connectivity index (χ3n) is 2.02. The van der Waals surface area contributed by atoms with Gasteiger partial charge in [0.05, 0.1) is 5.60 Å². The van der Waals surface area contributed by atoms with E-state index in [-0.39, 0.29) is 18.0 Å². The summed E-state index contributed by atoms with van der Waals surface area (Å²) in [4.78, 5) is 11.4. The smallest absolute Gasteiger partial charge is 0.158 e. The number of hydrogen-bond donors (Lipinski definition) is 0. The topological polar surface area (TPSA) is 26.3 Å². The molecule has 0 bridgehead atoms. The lowest BCUT2D eigenvalue weighted by Gasteiger charge is -2.19. The van der Waals surface area contributed by atoms with Gasteiger partial charge in [-0.05, 0) is 26.7 Å². The Labute approximate surface area is 88.0 Å². The van der Waals surface area contributed by atoms with E-state index in [0.717, 1.165) is 12.8 Å². The molecule has 0 N–H and O–H groups in total. The van der Waals surface area contributed by atoms with Crippen molar-refractivity contribution in [3.05, 3.63) is 0 Å². The second kappa shape index (κ2) is 6.18. The van der Waals surface area contributed by atoms with Gasteiger partial charge in [0.1, 0.15) is 6.61 Å². The predicted molar refractivity (Wildman–Crippen MR) is 59.4 cm³/mol. The number of ether oxygens (including phenoxy) is 1. The van der Waals surface area contributed by atoms with Crippen LogP contribution in [0.4, 0.5) is 0 Å². The van der Waals surface area contributed by atoms with Crippen molar-refractivity contribution in [2.45, 2.75) is 59.5 Å². The van der Waals surface area contributed by atoms with Crippen molar-refractivity contribution in [3.63, 3.8) is 0 Å². The van der Waals surface area contributed by atoms with E-state index in [1.54, 1.807) is 0 Å². The average Bonchev–Trinajstić information content (AvgIpc) is 2.00. The molecule has 0 radical (unpaired) electrons. The zero-order valence-electron chi connectivity index (χ0n) is 10.2. The number of carbonyl (C=O) groups is 1. The number of ketones is 1. The van der Waals surface area contributed by atoms with Gasteiger partial charge in [0.15, 0.2) is 5.78 Å². The van der Waals surface area contributed by atoms with Gasteiger partial charge in [-0.25, -0.2) is 0 Å². The highest BCUT2D eigenvalue weighted by Gasteiger charge is 2.14. The van der Waals surface area contributed by atoms with Gasteiger partial charge >= 0.3 is 0 Å². The van der Waals surface area contributed by atoms with Gasteiger partial charge in [-0.3, -0.25) is 4.79 Å². The Hall–Kier alpha value is -0.370.